The number of benzene rings is 1. The first-order chi connectivity index (χ1) is 12.0. The number of aliphatic hydroxyl groups is 2. The average Bonchev–Trinajstić information content (AvgIpc) is 3.10. The molecule has 0 saturated carbocycles. The first-order valence-electron chi connectivity index (χ1n) is 8.84. The van der Waals surface area contributed by atoms with Gasteiger partial charge in [0.25, 0.3) is 0 Å². The molecular formula is C19H26FN3O2. The third kappa shape index (κ3) is 3.61. The third-order valence-corrected chi connectivity index (χ3v) is 5.21. The Morgan fingerprint density at radius 2 is 2.00 bits per heavy atom. The number of aromatic nitrogens is 2. The molecule has 25 heavy (non-hydrogen) atoms. The van der Waals surface area contributed by atoms with E-state index in [1.54, 1.807) is 12.1 Å². The van der Waals surface area contributed by atoms with E-state index in [-0.39, 0.29) is 24.4 Å². The first-order valence-corrected chi connectivity index (χ1v) is 8.84. The van der Waals surface area contributed by atoms with Crippen molar-refractivity contribution in [3.63, 3.8) is 0 Å². The van der Waals surface area contributed by atoms with E-state index >= 15 is 0 Å². The predicted octanol–water partition coefficient (Wildman–Crippen LogP) is 2.06. The Bertz CT molecular complexity index is 701. The minimum Gasteiger partial charge on any atom is -0.395 e. The maximum atomic E-state index is 13.2. The average molecular weight is 347 g/mol. The summed E-state index contributed by atoms with van der Waals surface area (Å²) in [5.41, 5.74) is 3.13. The summed E-state index contributed by atoms with van der Waals surface area (Å²) < 4.78 is 15.2. The largest absolute Gasteiger partial charge is 0.395 e. The van der Waals surface area contributed by atoms with Crippen LogP contribution in [-0.2, 0) is 13.1 Å². The van der Waals surface area contributed by atoms with Crippen LogP contribution in [0.15, 0.2) is 30.5 Å². The molecule has 0 unspecified atom stereocenters. The maximum absolute atomic E-state index is 13.2. The fourth-order valence-electron chi connectivity index (χ4n) is 3.69. The summed E-state index contributed by atoms with van der Waals surface area (Å²) >= 11 is 0. The lowest BCUT2D eigenvalue weighted by Gasteiger charge is -2.24. The molecule has 1 fully saturated rings. The maximum Gasteiger partial charge on any atom is 0.123 e. The van der Waals surface area contributed by atoms with Crippen LogP contribution in [0.2, 0.25) is 0 Å². The van der Waals surface area contributed by atoms with Gasteiger partial charge < -0.3 is 10.2 Å². The van der Waals surface area contributed by atoms with Gasteiger partial charge in [-0.2, -0.15) is 5.10 Å². The Morgan fingerprint density at radius 1 is 1.28 bits per heavy atom. The second kappa shape index (κ2) is 7.64. The standard InChI is InChI=1S/C19H26FN3O2/c1-3-8-23-13(2)15(9-21-23)10-22-11-17(19(25)18(22)12-24)14-4-6-16(20)7-5-14/h4-7,9,17-19,24-25H,3,8,10-12H2,1-2H3/t17-,18-,19-/m1/s1. The van der Waals surface area contributed by atoms with Crippen LogP contribution in [0.1, 0.15) is 36.1 Å². The number of aliphatic hydroxyl groups excluding tert-OH is 2. The summed E-state index contributed by atoms with van der Waals surface area (Å²) in [6, 6.07) is 5.93. The molecule has 2 heterocycles. The molecule has 3 rings (SSSR count). The molecule has 0 bridgehead atoms. The van der Waals surface area contributed by atoms with E-state index in [9.17, 15) is 14.6 Å². The predicted molar refractivity (Wildman–Crippen MR) is 93.7 cm³/mol. The number of likely N-dealkylation sites (tertiary alicyclic amines) is 1. The highest BCUT2D eigenvalue weighted by molar-refractivity contribution is 5.25. The van der Waals surface area contributed by atoms with Crippen LogP contribution in [0.4, 0.5) is 4.39 Å². The summed E-state index contributed by atoms with van der Waals surface area (Å²) in [5.74, 6) is -0.422. The van der Waals surface area contributed by atoms with Crippen molar-refractivity contribution >= 4 is 0 Å². The highest BCUT2D eigenvalue weighted by atomic mass is 19.1. The van der Waals surface area contributed by atoms with Gasteiger partial charge in [-0.1, -0.05) is 19.1 Å². The number of hydrogen-bond donors (Lipinski definition) is 2. The SMILES string of the molecule is CCCn1ncc(CN2C[C@H](c3ccc(F)cc3)[C@@H](O)[C@H]2CO)c1C. The lowest BCUT2D eigenvalue weighted by Crippen LogP contribution is -2.38. The molecule has 2 N–H and O–H groups in total. The monoisotopic (exact) mass is 347 g/mol. The van der Waals surface area contributed by atoms with Gasteiger partial charge in [0.05, 0.1) is 24.9 Å². The van der Waals surface area contributed by atoms with Crippen LogP contribution in [0.3, 0.4) is 0 Å². The molecule has 0 radical (unpaired) electrons. The molecule has 0 spiro atoms. The minimum atomic E-state index is -0.679. The van der Waals surface area contributed by atoms with E-state index in [1.807, 2.05) is 10.9 Å². The van der Waals surface area contributed by atoms with E-state index in [1.165, 1.54) is 12.1 Å². The number of aryl methyl sites for hydroxylation is 1. The van der Waals surface area contributed by atoms with E-state index in [4.69, 9.17) is 0 Å². The minimum absolute atomic E-state index is 0.110. The molecule has 1 aliphatic rings. The molecule has 6 heteroatoms. The smallest absolute Gasteiger partial charge is 0.123 e. The van der Waals surface area contributed by atoms with Crippen molar-refractivity contribution in [1.82, 2.24) is 14.7 Å². The summed E-state index contributed by atoms with van der Waals surface area (Å²) in [6.45, 7) is 6.20. The van der Waals surface area contributed by atoms with Gasteiger partial charge in [0.1, 0.15) is 5.82 Å². The number of rotatable bonds is 6. The molecular weight excluding hydrogens is 321 g/mol. The van der Waals surface area contributed by atoms with Crippen molar-refractivity contribution in [3.05, 3.63) is 53.1 Å². The zero-order chi connectivity index (χ0) is 18.0. The van der Waals surface area contributed by atoms with Crippen molar-refractivity contribution in [2.45, 2.75) is 51.4 Å². The van der Waals surface area contributed by atoms with Crippen LogP contribution in [0.5, 0.6) is 0 Å². The van der Waals surface area contributed by atoms with Crippen LogP contribution in [0.25, 0.3) is 0 Å². The van der Waals surface area contributed by atoms with Crippen LogP contribution in [0, 0.1) is 12.7 Å². The second-order valence-electron chi connectivity index (χ2n) is 6.81. The Kier molecular flexibility index (Phi) is 5.51. The zero-order valence-corrected chi connectivity index (χ0v) is 14.8. The lowest BCUT2D eigenvalue weighted by atomic mass is 9.94. The molecule has 1 aromatic heterocycles. The Hall–Kier alpha value is -1.76. The number of hydrogen-bond acceptors (Lipinski definition) is 4. The van der Waals surface area contributed by atoms with Crippen LogP contribution >= 0.6 is 0 Å². The summed E-state index contributed by atoms with van der Waals surface area (Å²) in [7, 11) is 0. The molecule has 1 saturated heterocycles. The Labute approximate surface area is 147 Å². The first kappa shape index (κ1) is 18.0. The molecule has 0 amide bonds. The Balaban J connectivity index is 1.78. The molecule has 136 valence electrons. The summed E-state index contributed by atoms with van der Waals surface area (Å²) in [4.78, 5) is 2.10. The summed E-state index contributed by atoms with van der Waals surface area (Å²) in [6.07, 6.45) is 2.22. The number of nitrogens with zero attached hydrogens (tertiary/aromatic N) is 3. The van der Waals surface area contributed by atoms with Gasteiger partial charge >= 0.3 is 0 Å². The molecule has 3 atom stereocenters. The highest BCUT2D eigenvalue weighted by Gasteiger charge is 2.41. The van der Waals surface area contributed by atoms with Crippen LogP contribution in [-0.4, -0.2) is 50.2 Å². The van der Waals surface area contributed by atoms with Crippen molar-refractivity contribution in [1.29, 1.82) is 0 Å². The zero-order valence-electron chi connectivity index (χ0n) is 14.8. The van der Waals surface area contributed by atoms with Gasteiger partial charge in [-0.3, -0.25) is 9.58 Å². The lowest BCUT2D eigenvalue weighted by molar-refractivity contribution is 0.0640. The van der Waals surface area contributed by atoms with E-state index in [2.05, 4.69) is 23.8 Å². The quantitative estimate of drug-likeness (QED) is 0.840. The van der Waals surface area contributed by atoms with Gasteiger partial charge in [0.2, 0.25) is 0 Å². The highest BCUT2D eigenvalue weighted by Crippen LogP contribution is 2.33. The molecule has 1 aromatic carbocycles. The Morgan fingerprint density at radius 3 is 2.64 bits per heavy atom. The molecule has 5 nitrogen and oxygen atoms in total. The van der Waals surface area contributed by atoms with Crippen molar-refractivity contribution < 1.29 is 14.6 Å². The van der Waals surface area contributed by atoms with E-state index < -0.39 is 6.10 Å². The molecule has 1 aliphatic heterocycles. The van der Waals surface area contributed by atoms with Gasteiger partial charge in [-0.25, -0.2) is 4.39 Å². The fraction of sp³-hybridized carbons (Fsp3) is 0.526. The number of halogens is 1. The van der Waals surface area contributed by atoms with Gasteiger partial charge in [-0.15, -0.1) is 0 Å². The summed E-state index contributed by atoms with van der Waals surface area (Å²) in [5, 5.41) is 24.9. The van der Waals surface area contributed by atoms with Crippen molar-refractivity contribution in [2.24, 2.45) is 0 Å². The van der Waals surface area contributed by atoms with Crippen molar-refractivity contribution in [3.8, 4) is 0 Å². The third-order valence-electron chi connectivity index (χ3n) is 5.21. The molecule has 2 aromatic rings. The molecule has 0 aliphatic carbocycles. The fourth-order valence-corrected chi connectivity index (χ4v) is 3.69. The topological polar surface area (TPSA) is 61.5 Å². The van der Waals surface area contributed by atoms with Gasteiger partial charge in [0, 0.05) is 36.8 Å². The second-order valence-corrected chi connectivity index (χ2v) is 6.81. The van der Waals surface area contributed by atoms with Gasteiger partial charge in [0.15, 0.2) is 0 Å². The van der Waals surface area contributed by atoms with E-state index in [0.29, 0.717) is 13.1 Å². The normalized spacial score (nSPS) is 24.1. The van der Waals surface area contributed by atoms with E-state index in [0.717, 1.165) is 29.8 Å². The van der Waals surface area contributed by atoms with Crippen molar-refractivity contribution in [2.75, 3.05) is 13.2 Å². The van der Waals surface area contributed by atoms with Crippen LogP contribution < -0.4 is 0 Å². The van der Waals surface area contributed by atoms with Gasteiger partial charge in [-0.05, 0) is 31.0 Å².